The predicted molar refractivity (Wildman–Crippen MR) is 107 cm³/mol. The first-order chi connectivity index (χ1) is 14.8. The molecule has 0 saturated heterocycles. The van der Waals surface area contributed by atoms with Gasteiger partial charge in [-0.05, 0) is 66.3 Å². The average molecular weight is 437 g/mol. The van der Waals surface area contributed by atoms with Crippen LogP contribution in [0.4, 0.5) is 27.6 Å². The Labute approximate surface area is 176 Å². The molecule has 0 saturated carbocycles. The average Bonchev–Trinajstić information content (AvgIpc) is 2.71. The standard InChI is InChI=1S/C23H20F5NO2/c24-22(25)30-16-6-2-5-15(13-16)20-11-10-19-18(8-3-9-21(19)29-20)14-4-1-7-17(12-14)31-23(26,27)28/h1-4,6-9,12-13,15,20,22,29H,5,10-11H2/t15?,20-/m1/s1. The fourth-order valence-electron chi connectivity index (χ4n) is 4.15. The van der Waals surface area contributed by atoms with E-state index in [0.29, 0.717) is 18.4 Å². The van der Waals surface area contributed by atoms with Crippen LogP contribution in [0.5, 0.6) is 5.75 Å². The molecule has 0 bridgehead atoms. The molecule has 31 heavy (non-hydrogen) atoms. The fourth-order valence-corrected chi connectivity index (χ4v) is 4.15. The molecule has 164 valence electrons. The summed E-state index contributed by atoms with van der Waals surface area (Å²) in [6.07, 6.45) is 2.50. The molecule has 0 radical (unpaired) electrons. The van der Waals surface area contributed by atoms with Crippen molar-refractivity contribution in [1.29, 1.82) is 0 Å². The summed E-state index contributed by atoms with van der Waals surface area (Å²) in [5.74, 6) is -0.108. The fraction of sp³-hybridized carbons (Fsp3) is 0.304. The summed E-state index contributed by atoms with van der Waals surface area (Å²) < 4.78 is 71.3. The smallest absolute Gasteiger partial charge is 0.435 e. The van der Waals surface area contributed by atoms with Gasteiger partial charge < -0.3 is 14.8 Å². The van der Waals surface area contributed by atoms with E-state index in [9.17, 15) is 22.0 Å². The van der Waals surface area contributed by atoms with E-state index in [4.69, 9.17) is 0 Å². The lowest BCUT2D eigenvalue weighted by molar-refractivity contribution is -0.274. The van der Waals surface area contributed by atoms with Gasteiger partial charge in [-0.3, -0.25) is 0 Å². The van der Waals surface area contributed by atoms with Crippen molar-refractivity contribution in [2.24, 2.45) is 5.92 Å². The van der Waals surface area contributed by atoms with E-state index in [-0.39, 0.29) is 23.5 Å². The van der Waals surface area contributed by atoms with Gasteiger partial charge in [-0.15, -0.1) is 13.2 Å². The number of hydrogen-bond acceptors (Lipinski definition) is 3. The summed E-state index contributed by atoms with van der Waals surface area (Å²) in [6, 6.07) is 11.6. The van der Waals surface area contributed by atoms with Crippen molar-refractivity contribution in [3.05, 3.63) is 72.0 Å². The second-order valence-electron chi connectivity index (χ2n) is 7.45. The largest absolute Gasteiger partial charge is 0.573 e. The maximum Gasteiger partial charge on any atom is 0.573 e. The van der Waals surface area contributed by atoms with Crippen LogP contribution in [0.1, 0.15) is 18.4 Å². The minimum absolute atomic E-state index is 0.000861. The summed E-state index contributed by atoms with van der Waals surface area (Å²) in [7, 11) is 0. The van der Waals surface area contributed by atoms with Gasteiger partial charge in [0.25, 0.3) is 0 Å². The highest BCUT2D eigenvalue weighted by Gasteiger charge is 2.31. The lowest BCUT2D eigenvalue weighted by Gasteiger charge is -2.33. The van der Waals surface area contributed by atoms with Crippen LogP contribution < -0.4 is 10.1 Å². The van der Waals surface area contributed by atoms with E-state index in [2.05, 4.69) is 14.8 Å². The van der Waals surface area contributed by atoms with Gasteiger partial charge in [-0.2, -0.15) is 8.78 Å². The van der Waals surface area contributed by atoms with Crippen molar-refractivity contribution in [3.63, 3.8) is 0 Å². The number of fused-ring (bicyclic) bond motifs is 1. The molecule has 1 heterocycles. The van der Waals surface area contributed by atoms with E-state index in [1.807, 2.05) is 24.3 Å². The summed E-state index contributed by atoms with van der Waals surface area (Å²) >= 11 is 0. The van der Waals surface area contributed by atoms with Gasteiger partial charge in [-0.25, -0.2) is 0 Å². The number of benzene rings is 2. The lowest BCUT2D eigenvalue weighted by Crippen LogP contribution is -2.33. The third-order valence-electron chi connectivity index (χ3n) is 5.41. The van der Waals surface area contributed by atoms with Crippen molar-refractivity contribution in [2.75, 3.05) is 5.32 Å². The third kappa shape index (κ3) is 5.18. The Bertz CT molecular complexity index is 1000. The Balaban J connectivity index is 1.55. The van der Waals surface area contributed by atoms with Gasteiger partial charge in [0.1, 0.15) is 11.5 Å². The quantitative estimate of drug-likeness (QED) is 0.530. The molecule has 3 nitrogen and oxygen atoms in total. The van der Waals surface area contributed by atoms with Crippen LogP contribution in [0.25, 0.3) is 11.1 Å². The summed E-state index contributed by atoms with van der Waals surface area (Å²) in [6.45, 7) is -2.87. The van der Waals surface area contributed by atoms with E-state index in [0.717, 1.165) is 23.2 Å². The van der Waals surface area contributed by atoms with Crippen molar-refractivity contribution in [1.82, 2.24) is 0 Å². The first-order valence-corrected chi connectivity index (χ1v) is 9.86. The van der Waals surface area contributed by atoms with Crippen LogP contribution >= 0.6 is 0 Å². The Morgan fingerprint density at radius 3 is 2.65 bits per heavy atom. The maximum atomic E-state index is 12.6. The van der Waals surface area contributed by atoms with Gasteiger partial charge in [0.05, 0.1) is 0 Å². The molecule has 0 spiro atoms. The van der Waals surface area contributed by atoms with E-state index in [1.54, 1.807) is 18.2 Å². The van der Waals surface area contributed by atoms with Crippen LogP contribution in [0.15, 0.2) is 66.5 Å². The number of hydrogen-bond donors (Lipinski definition) is 1. The number of rotatable bonds is 5. The van der Waals surface area contributed by atoms with Gasteiger partial charge in [0.15, 0.2) is 0 Å². The van der Waals surface area contributed by atoms with Gasteiger partial charge in [0.2, 0.25) is 0 Å². The molecule has 1 unspecified atom stereocenters. The zero-order valence-electron chi connectivity index (χ0n) is 16.3. The maximum absolute atomic E-state index is 12.6. The van der Waals surface area contributed by atoms with Gasteiger partial charge >= 0.3 is 13.0 Å². The number of halogens is 5. The van der Waals surface area contributed by atoms with Crippen LogP contribution in [-0.4, -0.2) is 19.0 Å². The summed E-state index contributed by atoms with van der Waals surface area (Å²) in [5.41, 5.74) is 3.35. The molecule has 1 aliphatic carbocycles. The summed E-state index contributed by atoms with van der Waals surface area (Å²) in [4.78, 5) is 0. The Morgan fingerprint density at radius 1 is 1.06 bits per heavy atom. The number of anilines is 1. The number of allylic oxidation sites excluding steroid dienone is 2. The highest BCUT2D eigenvalue weighted by molar-refractivity contribution is 5.75. The monoisotopic (exact) mass is 437 g/mol. The van der Waals surface area contributed by atoms with Crippen molar-refractivity contribution in [3.8, 4) is 16.9 Å². The molecular weight excluding hydrogens is 417 g/mol. The van der Waals surface area contributed by atoms with E-state index in [1.165, 1.54) is 18.2 Å². The van der Waals surface area contributed by atoms with Gasteiger partial charge in [-0.1, -0.05) is 30.3 Å². The molecular formula is C23H20F5NO2. The zero-order chi connectivity index (χ0) is 22.0. The minimum Gasteiger partial charge on any atom is -0.435 e. The third-order valence-corrected chi connectivity index (χ3v) is 5.41. The topological polar surface area (TPSA) is 30.5 Å². The molecule has 2 aliphatic rings. The predicted octanol–water partition coefficient (Wildman–Crippen LogP) is 6.68. The van der Waals surface area contributed by atoms with Crippen LogP contribution in [0.3, 0.4) is 0 Å². The van der Waals surface area contributed by atoms with Gasteiger partial charge in [0, 0.05) is 17.6 Å². The van der Waals surface area contributed by atoms with Crippen molar-refractivity contribution < 1.29 is 31.4 Å². The number of ether oxygens (including phenoxy) is 2. The minimum atomic E-state index is -4.75. The molecule has 1 N–H and O–H groups in total. The Morgan fingerprint density at radius 2 is 1.87 bits per heavy atom. The second-order valence-corrected chi connectivity index (χ2v) is 7.45. The molecule has 8 heteroatoms. The number of alkyl halides is 5. The molecule has 0 amide bonds. The first kappa shape index (κ1) is 21.2. The molecule has 0 aromatic heterocycles. The Hall–Kier alpha value is -3.03. The molecule has 0 fully saturated rings. The van der Waals surface area contributed by atoms with Crippen molar-refractivity contribution >= 4 is 5.69 Å². The van der Waals surface area contributed by atoms with Crippen molar-refractivity contribution in [2.45, 2.75) is 38.3 Å². The first-order valence-electron chi connectivity index (χ1n) is 9.86. The molecule has 2 aromatic carbocycles. The Kier molecular flexibility index (Phi) is 5.89. The van der Waals surface area contributed by atoms with E-state index < -0.39 is 13.0 Å². The van der Waals surface area contributed by atoms with Crippen LogP contribution in [-0.2, 0) is 11.2 Å². The van der Waals surface area contributed by atoms with Crippen LogP contribution in [0.2, 0.25) is 0 Å². The zero-order valence-corrected chi connectivity index (χ0v) is 16.3. The normalized spacial score (nSPS) is 20.6. The highest BCUT2D eigenvalue weighted by Crippen LogP contribution is 2.38. The van der Waals surface area contributed by atoms with Crippen LogP contribution in [0, 0.1) is 5.92 Å². The molecule has 2 aromatic rings. The van der Waals surface area contributed by atoms with E-state index >= 15 is 0 Å². The molecule has 4 rings (SSSR count). The SMILES string of the molecule is FC(F)OC1=CC([C@H]2CCc3c(cccc3-c3cccc(OC(F)(F)F)c3)N2)CC=C1. The highest BCUT2D eigenvalue weighted by atomic mass is 19.4. The molecule has 1 aliphatic heterocycles. The lowest BCUT2D eigenvalue weighted by atomic mass is 9.83. The summed E-state index contributed by atoms with van der Waals surface area (Å²) in [5, 5.41) is 3.47. The number of nitrogens with one attached hydrogen (secondary N) is 1. The second kappa shape index (κ2) is 8.61. The molecule has 2 atom stereocenters.